The van der Waals surface area contributed by atoms with Crippen LogP contribution in [0.5, 0.6) is 5.75 Å². The van der Waals surface area contributed by atoms with Crippen molar-refractivity contribution in [2.75, 3.05) is 6.54 Å². The van der Waals surface area contributed by atoms with Crippen LogP contribution in [-0.4, -0.2) is 18.7 Å². The second kappa shape index (κ2) is 5.35. The molecule has 2 heteroatoms. The Balaban J connectivity index is 1.81. The highest BCUT2D eigenvalue weighted by atomic mass is 16.5. The van der Waals surface area contributed by atoms with E-state index in [2.05, 4.69) is 31.3 Å². The number of ether oxygens (including phenoxy) is 1. The molecule has 88 valence electrons. The SMILES string of the molecule is Cc1ccc(OC(C)CC2CCCN2)cc1. The fourth-order valence-electron chi connectivity index (χ4n) is 2.26. The van der Waals surface area contributed by atoms with Crippen molar-refractivity contribution in [3.05, 3.63) is 29.8 Å². The maximum absolute atomic E-state index is 5.89. The highest BCUT2D eigenvalue weighted by Gasteiger charge is 2.17. The van der Waals surface area contributed by atoms with Crippen molar-refractivity contribution >= 4 is 0 Å². The Kier molecular flexibility index (Phi) is 3.83. The van der Waals surface area contributed by atoms with Gasteiger partial charge in [-0.25, -0.2) is 0 Å². The van der Waals surface area contributed by atoms with Crippen LogP contribution in [0.25, 0.3) is 0 Å². The van der Waals surface area contributed by atoms with E-state index >= 15 is 0 Å². The predicted molar refractivity (Wildman–Crippen MR) is 66.9 cm³/mol. The van der Waals surface area contributed by atoms with Crippen molar-refractivity contribution in [3.8, 4) is 5.75 Å². The first-order chi connectivity index (χ1) is 7.74. The van der Waals surface area contributed by atoms with Gasteiger partial charge in [0.2, 0.25) is 0 Å². The average molecular weight is 219 g/mol. The molecule has 0 bridgehead atoms. The normalized spacial score (nSPS) is 22.0. The van der Waals surface area contributed by atoms with Gasteiger partial charge in [-0.05, 0) is 51.8 Å². The van der Waals surface area contributed by atoms with Crippen LogP contribution < -0.4 is 10.1 Å². The molecule has 2 atom stereocenters. The molecule has 0 saturated carbocycles. The molecule has 1 aliphatic rings. The summed E-state index contributed by atoms with van der Waals surface area (Å²) in [7, 11) is 0. The molecule has 1 heterocycles. The van der Waals surface area contributed by atoms with E-state index in [1.807, 2.05) is 12.1 Å². The van der Waals surface area contributed by atoms with Crippen molar-refractivity contribution < 1.29 is 4.74 Å². The molecular formula is C14H21NO. The third kappa shape index (κ3) is 3.24. The summed E-state index contributed by atoms with van der Waals surface area (Å²) in [5, 5.41) is 3.50. The van der Waals surface area contributed by atoms with Crippen LogP contribution in [0.2, 0.25) is 0 Å². The van der Waals surface area contributed by atoms with Gasteiger partial charge in [0.05, 0.1) is 6.10 Å². The Hall–Kier alpha value is -1.02. The molecule has 16 heavy (non-hydrogen) atoms. The molecule has 0 spiro atoms. The van der Waals surface area contributed by atoms with E-state index in [4.69, 9.17) is 4.74 Å². The smallest absolute Gasteiger partial charge is 0.119 e. The molecule has 2 unspecified atom stereocenters. The molecule has 0 amide bonds. The topological polar surface area (TPSA) is 21.3 Å². The maximum atomic E-state index is 5.89. The number of hydrogen-bond acceptors (Lipinski definition) is 2. The van der Waals surface area contributed by atoms with Gasteiger partial charge in [0, 0.05) is 6.04 Å². The fraction of sp³-hybridized carbons (Fsp3) is 0.571. The second-order valence-electron chi connectivity index (χ2n) is 4.77. The highest BCUT2D eigenvalue weighted by Crippen LogP contribution is 2.17. The summed E-state index contributed by atoms with van der Waals surface area (Å²) in [4.78, 5) is 0. The quantitative estimate of drug-likeness (QED) is 0.840. The zero-order valence-electron chi connectivity index (χ0n) is 10.2. The molecule has 1 aliphatic heterocycles. The summed E-state index contributed by atoms with van der Waals surface area (Å²) in [6.07, 6.45) is 4.00. The van der Waals surface area contributed by atoms with E-state index in [9.17, 15) is 0 Å². The van der Waals surface area contributed by atoms with Crippen LogP contribution in [0.1, 0.15) is 31.7 Å². The van der Waals surface area contributed by atoms with Gasteiger partial charge in [0.15, 0.2) is 0 Å². The monoisotopic (exact) mass is 219 g/mol. The van der Waals surface area contributed by atoms with Gasteiger partial charge in [0.25, 0.3) is 0 Å². The number of hydrogen-bond donors (Lipinski definition) is 1. The maximum Gasteiger partial charge on any atom is 0.119 e. The minimum absolute atomic E-state index is 0.290. The first-order valence-electron chi connectivity index (χ1n) is 6.21. The van der Waals surface area contributed by atoms with Gasteiger partial charge in [0.1, 0.15) is 5.75 Å². The molecule has 1 fully saturated rings. The summed E-state index contributed by atoms with van der Waals surface area (Å²) in [6.45, 7) is 5.41. The van der Waals surface area contributed by atoms with Gasteiger partial charge < -0.3 is 10.1 Å². The first kappa shape index (κ1) is 11.5. The van der Waals surface area contributed by atoms with E-state index < -0.39 is 0 Å². The van der Waals surface area contributed by atoms with Gasteiger partial charge in [-0.15, -0.1) is 0 Å². The zero-order chi connectivity index (χ0) is 11.4. The lowest BCUT2D eigenvalue weighted by Crippen LogP contribution is -2.28. The number of rotatable bonds is 4. The molecular weight excluding hydrogens is 198 g/mol. The highest BCUT2D eigenvalue weighted by molar-refractivity contribution is 5.26. The largest absolute Gasteiger partial charge is 0.491 e. The van der Waals surface area contributed by atoms with Crippen molar-refractivity contribution in [3.63, 3.8) is 0 Å². The van der Waals surface area contributed by atoms with Crippen molar-refractivity contribution in [1.82, 2.24) is 5.32 Å². The third-order valence-corrected chi connectivity index (χ3v) is 3.14. The van der Waals surface area contributed by atoms with Gasteiger partial charge in [-0.3, -0.25) is 0 Å². The summed E-state index contributed by atoms with van der Waals surface area (Å²) >= 11 is 0. The lowest BCUT2D eigenvalue weighted by molar-refractivity contribution is 0.196. The van der Waals surface area contributed by atoms with Gasteiger partial charge in [-0.1, -0.05) is 17.7 Å². The molecule has 1 aromatic carbocycles. The lowest BCUT2D eigenvalue weighted by Gasteiger charge is -2.18. The van der Waals surface area contributed by atoms with Crippen LogP contribution >= 0.6 is 0 Å². The van der Waals surface area contributed by atoms with E-state index in [1.165, 1.54) is 24.9 Å². The van der Waals surface area contributed by atoms with Crippen molar-refractivity contribution in [1.29, 1.82) is 0 Å². The summed E-state index contributed by atoms with van der Waals surface area (Å²) in [6, 6.07) is 8.94. The molecule has 0 aromatic heterocycles. The minimum atomic E-state index is 0.290. The molecule has 2 rings (SSSR count). The number of aryl methyl sites for hydroxylation is 1. The first-order valence-corrected chi connectivity index (χ1v) is 6.21. The zero-order valence-corrected chi connectivity index (χ0v) is 10.2. The molecule has 0 aliphatic carbocycles. The third-order valence-electron chi connectivity index (χ3n) is 3.14. The Morgan fingerprint density at radius 3 is 2.75 bits per heavy atom. The minimum Gasteiger partial charge on any atom is -0.491 e. The van der Waals surface area contributed by atoms with Crippen LogP contribution in [0.4, 0.5) is 0 Å². The number of benzene rings is 1. The number of nitrogens with one attached hydrogen (secondary N) is 1. The van der Waals surface area contributed by atoms with Crippen LogP contribution in [-0.2, 0) is 0 Å². The lowest BCUT2D eigenvalue weighted by atomic mass is 10.1. The summed E-state index contributed by atoms with van der Waals surface area (Å²) in [5.41, 5.74) is 1.28. The van der Waals surface area contributed by atoms with E-state index in [1.54, 1.807) is 0 Å². The molecule has 0 radical (unpaired) electrons. The molecule has 1 N–H and O–H groups in total. The summed E-state index contributed by atoms with van der Waals surface area (Å²) < 4.78 is 5.89. The van der Waals surface area contributed by atoms with Crippen molar-refractivity contribution in [2.24, 2.45) is 0 Å². The van der Waals surface area contributed by atoms with E-state index in [0.29, 0.717) is 12.1 Å². The summed E-state index contributed by atoms with van der Waals surface area (Å²) in [5.74, 6) is 0.982. The Labute approximate surface area is 98.0 Å². The second-order valence-corrected chi connectivity index (χ2v) is 4.77. The van der Waals surface area contributed by atoms with Crippen molar-refractivity contribution in [2.45, 2.75) is 45.3 Å². The molecule has 2 nitrogen and oxygen atoms in total. The fourth-order valence-corrected chi connectivity index (χ4v) is 2.26. The Bertz CT molecular complexity index is 314. The van der Waals surface area contributed by atoms with Crippen LogP contribution in [0.15, 0.2) is 24.3 Å². The molecule has 1 aromatic rings. The van der Waals surface area contributed by atoms with Gasteiger partial charge in [-0.2, -0.15) is 0 Å². The van der Waals surface area contributed by atoms with Gasteiger partial charge >= 0.3 is 0 Å². The molecule has 1 saturated heterocycles. The van der Waals surface area contributed by atoms with E-state index in [0.717, 1.165) is 12.2 Å². The van der Waals surface area contributed by atoms with Crippen LogP contribution in [0, 0.1) is 6.92 Å². The average Bonchev–Trinajstić information content (AvgIpc) is 2.74. The van der Waals surface area contributed by atoms with Crippen LogP contribution in [0.3, 0.4) is 0 Å². The predicted octanol–water partition coefficient (Wildman–Crippen LogP) is 2.90. The van der Waals surface area contributed by atoms with E-state index in [-0.39, 0.29) is 0 Å². The Morgan fingerprint density at radius 1 is 1.38 bits per heavy atom. The standard InChI is InChI=1S/C14H21NO/c1-11-5-7-14(8-6-11)16-12(2)10-13-4-3-9-15-13/h5-8,12-13,15H,3-4,9-10H2,1-2H3. The Morgan fingerprint density at radius 2 is 2.12 bits per heavy atom.